The van der Waals surface area contributed by atoms with E-state index < -0.39 is 55.9 Å². The Morgan fingerprint density at radius 1 is 0.725 bits per heavy atom. The van der Waals surface area contributed by atoms with E-state index in [1.807, 2.05) is 26.0 Å². The van der Waals surface area contributed by atoms with Crippen molar-refractivity contribution in [2.24, 2.45) is 16.6 Å². The van der Waals surface area contributed by atoms with Gasteiger partial charge in [-0.2, -0.15) is 8.78 Å². The van der Waals surface area contributed by atoms with E-state index in [4.69, 9.17) is 57.9 Å². The van der Waals surface area contributed by atoms with Gasteiger partial charge in [-0.25, -0.2) is 23.0 Å². The van der Waals surface area contributed by atoms with Crippen LogP contribution in [0.3, 0.4) is 0 Å². The highest BCUT2D eigenvalue weighted by molar-refractivity contribution is 8.09. The molecule has 1 aromatic carbocycles. The Morgan fingerprint density at radius 3 is 1.61 bits per heavy atom. The summed E-state index contributed by atoms with van der Waals surface area (Å²) in [5.74, 6) is -12.2. The number of hydrogen-bond donors (Lipinski definition) is 4. The summed E-state index contributed by atoms with van der Waals surface area (Å²) in [6.07, 6.45) is 3.97. The van der Waals surface area contributed by atoms with Gasteiger partial charge in [0.2, 0.25) is 23.3 Å². The molecule has 0 unspecified atom stereocenters. The number of hydrogen-bond acceptors (Lipinski definition) is 20. The van der Waals surface area contributed by atoms with Crippen molar-refractivity contribution in [1.29, 1.82) is 0 Å². The van der Waals surface area contributed by atoms with E-state index in [9.17, 15) is 45.3 Å². The molecular formula is C51H79F4N5O18S2. The third-order valence-electron chi connectivity index (χ3n) is 11.5. The maximum Gasteiger partial charge on any atom is 0.313 e. The number of hydroxylamine groups is 2. The first-order chi connectivity index (χ1) is 38.4. The van der Waals surface area contributed by atoms with Crippen molar-refractivity contribution < 1.29 is 102 Å². The van der Waals surface area contributed by atoms with E-state index in [0.29, 0.717) is 130 Å². The van der Waals surface area contributed by atoms with Gasteiger partial charge in [0.15, 0.2) is 11.6 Å². The largest absolute Gasteiger partial charge is 0.420 e. The number of esters is 1. The van der Waals surface area contributed by atoms with Crippen LogP contribution in [0, 0.1) is 29.2 Å². The van der Waals surface area contributed by atoms with Crippen LogP contribution in [-0.4, -0.2) is 218 Å². The Morgan fingerprint density at radius 2 is 1.18 bits per heavy atom. The molecular weight excluding hydrogens is 1110 g/mol. The fourth-order valence-corrected chi connectivity index (χ4v) is 9.77. The second kappa shape index (κ2) is 37.1. The summed E-state index contributed by atoms with van der Waals surface area (Å²) in [6.45, 7) is 13.8. The molecule has 1 aromatic heterocycles. The number of likely N-dealkylation sites (tertiary alicyclic amines) is 1. The van der Waals surface area contributed by atoms with Crippen molar-refractivity contribution in [3.8, 4) is 5.75 Å². The molecule has 4 rings (SSSR count). The van der Waals surface area contributed by atoms with Crippen LogP contribution >= 0.6 is 11.3 Å². The zero-order valence-electron chi connectivity index (χ0n) is 45.8. The minimum Gasteiger partial charge on any atom is -0.420 e. The Kier molecular flexibility index (Phi) is 31.7. The van der Waals surface area contributed by atoms with Crippen molar-refractivity contribution in [3.63, 3.8) is 0 Å². The van der Waals surface area contributed by atoms with Gasteiger partial charge >= 0.3 is 5.97 Å². The SMILES string of the molecule is CCCN(OCC)C(=O)C1=Cc2sc(CN3CCC(C(=O)NCCOCCOCCOCCOCCOCCOCCOCCOCCOCCOCCC(=O)Oc4c(F)c(F)c(S(C)(=O)(O)O)c(F)c4F)CC3)cc2N=C(N)C1. The van der Waals surface area contributed by atoms with Gasteiger partial charge in [0, 0.05) is 48.7 Å². The lowest BCUT2D eigenvalue weighted by Crippen LogP contribution is -2.41. The van der Waals surface area contributed by atoms with E-state index >= 15 is 0 Å². The molecule has 0 spiro atoms. The number of benzene rings is 1. The van der Waals surface area contributed by atoms with Crippen molar-refractivity contribution >= 4 is 56.3 Å². The van der Waals surface area contributed by atoms with E-state index in [1.165, 1.54) is 5.06 Å². The molecule has 0 aliphatic carbocycles. The van der Waals surface area contributed by atoms with Crippen LogP contribution in [0.5, 0.6) is 5.75 Å². The van der Waals surface area contributed by atoms with Gasteiger partial charge in [0.05, 0.1) is 156 Å². The number of amidine groups is 1. The van der Waals surface area contributed by atoms with Gasteiger partial charge in [-0.05, 0) is 51.4 Å². The first-order valence-electron chi connectivity index (χ1n) is 26.5. The van der Waals surface area contributed by atoms with Gasteiger partial charge in [-0.3, -0.25) is 24.1 Å². The summed E-state index contributed by atoms with van der Waals surface area (Å²) in [6, 6.07) is 2.04. The highest BCUT2D eigenvalue weighted by Gasteiger charge is 2.40. The van der Waals surface area contributed by atoms with Gasteiger partial charge in [-0.15, -0.1) is 11.3 Å². The second-order valence-corrected chi connectivity index (χ2v) is 22.1. The topological polar surface area (TPSA) is 276 Å². The van der Waals surface area contributed by atoms with Crippen LogP contribution in [0.25, 0.3) is 6.08 Å². The number of amides is 2. The summed E-state index contributed by atoms with van der Waals surface area (Å²) < 4.78 is 146. The molecule has 1 fully saturated rings. The third-order valence-corrected chi connectivity index (χ3v) is 13.9. The molecule has 2 aromatic rings. The number of fused-ring (bicyclic) bond motifs is 1. The van der Waals surface area contributed by atoms with Gasteiger partial charge in [0.1, 0.15) is 20.4 Å². The summed E-state index contributed by atoms with van der Waals surface area (Å²) >= 11 is 1.61. The summed E-state index contributed by atoms with van der Waals surface area (Å²) in [5.41, 5.74) is 7.55. The molecule has 2 aliphatic rings. The number of carbonyl (C=O) groups excluding carboxylic acids is 3. The number of nitrogens with zero attached hydrogens (tertiary/aromatic N) is 3. The van der Waals surface area contributed by atoms with E-state index in [1.54, 1.807) is 11.3 Å². The van der Waals surface area contributed by atoms with Crippen molar-refractivity contribution in [2.75, 3.05) is 171 Å². The minimum atomic E-state index is -6.22. The maximum absolute atomic E-state index is 14.2. The Balaban J connectivity index is 0.839. The van der Waals surface area contributed by atoms with Crippen LogP contribution in [-0.2, 0) is 82.8 Å². The number of rotatable bonds is 43. The monoisotopic (exact) mass is 1190 g/mol. The van der Waals surface area contributed by atoms with Crippen LogP contribution in [0.1, 0.15) is 55.7 Å². The molecule has 2 aliphatic heterocycles. The molecule has 3 heterocycles. The molecule has 0 atom stereocenters. The number of thiophene rings is 1. The Bertz CT molecular complexity index is 2290. The second-order valence-electron chi connectivity index (χ2n) is 18.1. The summed E-state index contributed by atoms with van der Waals surface area (Å²) in [4.78, 5) is 50.4. The first kappa shape index (κ1) is 68.3. The third kappa shape index (κ3) is 25.6. The van der Waals surface area contributed by atoms with Crippen molar-refractivity contribution in [2.45, 2.75) is 57.4 Å². The molecule has 0 bridgehead atoms. The number of ether oxygens (including phenoxy) is 11. The normalized spacial score (nSPS) is 14.7. The highest BCUT2D eigenvalue weighted by Crippen LogP contribution is 2.39. The lowest BCUT2D eigenvalue weighted by molar-refractivity contribution is -0.180. The molecule has 1 saturated heterocycles. The van der Waals surface area contributed by atoms with Crippen molar-refractivity contribution in [1.82, 2.24) is 15.3 Å². The lowest BCUT2D eigenvalue weighted by atomic mass is 9.96. The van der Waals surface area contributed by atoms with Crippen LogP contribution in [0.4, 0.5) is 23.2 Å². The molecule has 80 heavy (non-hydrogen) atoms. The standard InChI is InChI=1S/C51H79F4N5O18S2/c1-4-10-60(77-5-2)51(63)38-33-41-40(58-42(56)34-38)35-39(79-41)36-59-11-6-37(7-12-59)50(62)57-9-14-68-16-18-70-20-22-72-24-26-74-28-30-76-32-31-75-29-27-73-25-23-71-21-19-69-17-15-67-13-8-43(61)78-48-44(52)46(54)49(47(55)45(48)53)80(3,64,65)66/h33,35,37H,4-32,34,36H2,1-3H3,(H2,56,58)(H,57,62)(H2,64,65,66). The smallest absolute Gasteiger partial charge is 0.313 e. The Hall–Kier alpha value is -4.15. The lowest BCUT2D eigenvalue weighted by Gasteiger charge is -2.30. The van der Waals surface area contributed by atoms with E-state index in [2.05, 4.69) is 19.9 Å². The molecule has 5 N–H and O–H groups in total. The minimum absolute atomic E-state index is 0.0246. The number of nitrogens with two attached hydrogens (primary N) is 1. The van der Waals surface area contributed by atoms with Crippen LogP contribution in [0.2, 0.25) is 0 Å². The maximum atomic E-state index is 14.2. The first-order valence-corrected chi connectivity index (χ1v) is 29.6. The zero-order chi connectivity index (χ0) is 58.2. The van der Waals surface area contributed by atoms with E-state index in [0.717, 1.165) is 54.3 Å². The fraction of sp³-hybridized carbons (Fsp3) is 0.686. The van der Waals surface area contributed by atoms with Gasteiger partial charge < -0.3 is 72.3 Å². The van der Waals surface area contributed by atoms with Gasteiger partial charge in [-0.1, -0.05) is 6.92 Å². The highest BCUT2D eigenvalue weighted by atomic mass is 32.3. The number of nitrogens with one attached hydrogen (secondary N) is 1. The summed E-state index contributed by atoms with van der Waals surface area (Å²) in [5, 5.41) is 4.40. The van der Waals surface area contributed by atoms with Crippen LogP contribution < -0.4 is 15.8 Å². The quantitative estimate of drug-likeness (QED) is 0.0177. The fourth-order valence-electron chi connectivity index (χ4n) is 7.65. The molecule has 29 heteroatoms. The number of aliphatic imine (C=N–C) groups is 1. The Labute approximate surface area is 467 Å². The average molecular weight is 1190 g/mol. The predicted molar refractivity (Wildman–Crippen MR) is 285 cm³/mol. The molecule has 0 saturated carbocycles. The molecule has 0 radical (unpaired) electrons. The van der Waals surface area contributed by atoms with Crippen molar-refractivity contribution in [3.05, 3.63) is 44.7 Å². The number of halogens is 4. The molecule has 23 nitrogen and oxygen atoms in total. The van der Waals surface area contributed by atoms with E-state index in [-0.39, 0.29) is 63.4 Å². The molecule has 2 amide bonds. The zero-order valence-corrected chi connectivity index (χ0v) is 47.5. The molecule has 456 valence electrons. The average Bonchev–Trinajstić information content (AvgIpc) is 3.74. The number of carbonyl (C=O) groups is 3. The van der Waals surface area contributed by atoms with Crippen LogP contribution in [0.15, 0.2) is 21.5 Å². The number of piperidine rings is 1. The van der Waals surface area contributed by atoms with Gasteiger partial charge in [0.25, 0.3) is 5.91 Å². The predicted octanol–water partition coefficient (Wildman–Crippen LogP) is 4.52. The summed E-state index contributed by atoms with van der Waals surface area (Å²) in [7, 11) is -6.22.